The Bertz CT molecular complexity index is 797. The molecule has 0 unspecified atom stereocenters. The van der Waals surface area contributed by atoms with Gasteiger partial charge in [-0.25, -0.2) is 4.79 Å². The molecule has 1 N–H and O–H groups in total. The lowest BCUT2D eigenvalue weighted by Gasteiger charge is -2.27. The fraction of sp³-hybridized carbons (Fsp3) is 0.704. The van der Waals surface area contributed by atoms with E-state index >= 15 is 0 Å². The molecule has 37 heavy (non-hydrogen) atoms. The fourth-order valence-electron chi connectivity index (χ4n) is 3.67. The molecule has 1 aliphatic rings. The quantitative estimate of drug-likeness (QED) is 0.329. The van der Waals surface area contributed by atoms with Crippen LogP contribution in [0.5, 0.6) is 5.75 Å². The molecule has 0 radical (unpaired) electrons. The van der Waals surface area contributed by atoms with Crippen LogP contribution >= 0.6 is 0 Å². The van der Waals surface area contributed by atoms with Gasteiger partial charge in [0.1, 0.15) is 17.4 Å². The first kappa shape index (κ1) is 30.8. The zero-order valence-electron chi connectivity index (χ0n) is 23.0. The Hall–Kier alpha value is -2.40. The largest absolute Gasteiger partial charge is 0.494 e. The summed E-state index contributed by atoms with van der Waals surface area (Å²) in [4.78, 5) is 27.8. The molecule has 2 rings (SSSR count). The number of benzene rings is 1. The number of likely N-dealkylation sites (tertiary alicyclic amines) is 1. The van der Waals surface area contributed by atoms with Crippen molar-refractivity contribution in [3.05, 3.63) is 29.8 Å². The van der Waals surface area contributed by atoms with Crippen LogP contribution in [0.25, 0.3) is 0 Å². The second kappa shape index (κ2) is 16.4. The van der Waals surface area contributed by atoms with Crippen LogP contribution in [-0.4, -0.2) is 95.1 Å². The van der Waals surface area contributed by atoms with Crippen molar-refractivity contribution in [2.24, 2.45) is 0 Å². The maximum atomic E-state index is 13.5. The second-order valence-corrected chi connectivity index (χ2v) is 9.78. The molecule has 10 heteroatoms. The highest BCUT2D eigenvalue weighted by atomic mass is 16.6. The Morgan fingerprint density at radius 3 is 2.27 bits per heavy atom. The molecule has 1 heterocycles. The van der Waals surface area contributed by atoms with E-state index in [-0.39, 0.29) is 12.0 Å². The van der Waals surface area contributed by atoms with E-state index in [1.54, 1.807) is 57.0 Å². The molecular weight excluding hydrogens is 480 g/mol. The Labute approximate surface area is 220 Å². The van der Waals surface area contributed by atoms with Crippen LogP contribution in [0.15, 0.2) is 24.3 Å². The number of amides is 2. The van der Waals surface area contributed by atoms with E-state index in [1.807, 2.05) is 6.92 Å². The molecule has 1 fully saturated rings. The summed E-state index contributed by atoms with van der Waals surface area (Å²) in [6.07, 6.45) is 0.885. The van der Waals surface area contributed by atoms with Crippen LogP contribution in [0, 0.1) is 0 Å². The van der Waals surface area contributed by atoms with Crippen molar-refractivity contribution >= 4 is 12.0 Å². The lowest BCUT2D eigenvalue weighted by Crippen LogP contribution is -2.44. The van der Waals surface area contributed by atoms with Gasteiger partial charge in [0, 0.05) is 20.2 Å². The Kier molecular flexibility index (Phi) is 13.7. The van der Waals surface area contributed by atoms with Gasteiger partial charge < -0.3 is 38.6 Å². The van der Waals surface area contributed by atoms with E-state index < -0.39 is 17.7 Å². The minimum Gasteiger partial charge on any atom is -0.494 e. The molecule has 0 aliphatic carbocycles. The summed E-state index contributed by atoms with van der Waals surface area (Å²) < 4.78 is 32.8. The highest BCUT2D eigenvalue weighted by Crippen LogP contribution is 2.24. The van der Waals surface area contributed by atoms with Crippen molar-refractivity contribution in [3.63, 3.8) is 0 Å². The predicted octanol–water partition coefficient (Wildman–Crippen LogP) is 3.34. The molecule has 0 spiro atoms. The van der Waals surface area contributed by atoms with Gasteiger partial charge in [0.05, 0.1) is 52.4 Å². The predicted molar refractivity (Wildman–Crippen MR) is 139 cm³/mol. The van der Waals surface area contributed by atoms with Gasteiger partial charge in [-0.05, 0) is 51.3 Å². The number of hydrogen-bond donors (Lipinski definition) is 1. The average Bonchev–Trinajstić information content (AvgIpc) is 3.33. The van der Waals surface area contributed by atoms with Crippen molar-refractivity contribution in [2.45, 2.75) is 58.3 Å². The molecule has 1 saturated heterocycles. The summed E-state index contributed by atoms with van der Waals surface area (Å²) in [5.41, 5.74) is -0.0227. The highest BCUT2D eigenvalue weighted by molar-refractivity contribution is 5.87. The molecule has 1 aliphatic heterocycles. The summed E-state index contributed by atoms with van der Waals surface area (Å²) in [6.45, 7) is 12.0. The standard InChI is InChI=1S/C27H44N2O8/c1-6-13-35-22-9-7-21(8-10-22)24(28-26(31)37-27(2,3)4)25(30)29-12-11-23(20-29)36-19-18-34-17-16-33-15-14-32-5/h7-10,23-24H,6,11-20H2,1-5H3,(H,28,31)/t23-,24-/m0/s1. The molecular formula is C27H44N2O8. The molecule has 2 atom stereocenters. The van der Waals surface area contributed by atoms with Gasteiger partial charge in [-0.1, -0.05) is 19.1 Å². The zero-order chi connectivity index (χ0) is 27.1. The number of methoxy groups -OCH3 is 1. The molecule has 1 aromatic carbocycles. The van der Waals surface area contributed by atoms with Crippen LogP contribution in [0.3, 0.4) is 0 Å². The maximum Gasteiger partial charge on any atom is 0.408 e. The van der Waals surface area contributed by atoms with Crippen LogP contribution in [-0.2, 0) is 28.5 Å². The number of ether oxygens (including phenoxy) is 6. The SMILES string of the molecule is CCCOc1ccc([C@H](NC(=O)OC(C)(C)C)C(=O)N2CC[C@H](OCCOCCOCCOC)C2)cc1. The van der Waals surface area contributed by atoms with Gasteiger partial charge in [0.2, 0.25) is 5.91 Å². The normalized spacial score (nSPS) is 16.5. The summed E-state index contributed by atoms with van der Waals surface area (Å²) in [7, 11) is 1.63. The van der Waals surface area contributed by atoms with Crippen LogP contribution in [0.1, 0.15) is 52.1 Å². The van der Waals surface area contributed by atoms with E-state index in [0.717, 1.165) is 12.8 Å². The zero-order valence-corrected chi connectivity index (χ0v) is 23.0. The Morgan fingerprint density at radius 2 is 1.65 bits per heavy atom. The Morgan fingerprint density at radius 1 is 1.00 bits per heavy atom. The van der Waals surface area contributed by atoms with Gasteiger partial charge >= 0.3 is 6.09 Å². The minimum atomic E-state index is -0.879. The number of carbonyl (C=O) groups excluding carboxylic acids is 2. The van der Waals surface area contributed by atoms with Crippen molar-refractivity contribution in [2.75, 3.05) is 66.4 Å². The number of alkyl carbamates (subject to hydrolysis) is 1. The van der Waals surface area contributed by atoms with Gasteiger partial charge in [-0.2, -0.15) is 0 Å². The van der Waals surface area contributed by atoms with Crippen LogP contribution < -0.4 is 10.1 Å². The number of nitrogens with one attached hydrogen (secondary N) is 1. The first-order valence-corrected chi connectivity index (χ1v) is 13.0. The summed E-state index contributed by atoms with van der Waals surface area (Å²) in [5.74, 6) is 0.510. The molecule has 0 bridgehead atoms. The van der Waals surface area contributed by atoms with E-state index in [9.17, 15) is 9.59 Å². The molecule has 0 saturated carbocycles. The first-order chi connectivity index (χ1) is 17.7. The van der Waals surface area contributed by atoms with Gasteiger partial charge in [-0.3, -0.25) is 4.79 Å². The van der Waals surface area contributed by atoms with E-state index in [1.165, 1.54) is 0 Å². The molecule has 0 aromatic heterocycles. The first-order valence-electron chi connectivity index (χ1n) is 13.0. The van der Waals surface area contributed by atoms with Crippen molar-refractivity contribution < 1.29 is 38.0 Å². The number of carbonyl (C=O) groups is 2. The molecule has 1 aromatic rings. The van der Waals surface area contributed by atoms with E-state index in [0.29, 0.717) is 70.7 Å². The number of hydrogen-bond acceptors (Lipinski definition) is 8. The van der Waals surface area contributed by atoms with Crippen molar-refractivity contribution in [3.8, 4) is 5.75 Å². The third-order valence-corrected chi connectivity index (χ3v) is 5.44. The van der Waals surface area contributed by atoms with Gasteiger partial charge in [-0.15, -0.1) is 0 Å². The summed E-state index contributed by atoms with van der Waals surface area (Å²) in [5, 5.41) is 2.75. The fourth-order valence-corrected chi connectivity index (χ4v) is 3.67. The van der Waals surface area contributed by atoms with E-state index in [2.05, 4.69) is 5.32 Å². The summed E-state index contributed by atoms with van der Waals surface area (Å²) >= 11 is 0. The lowest BCUT2D eigenvalue weighted by atomic mass is 10.1. The maximum absolute atomic E-state index is 13.5. The van der Waals surface area contributed by atoms with Crippen molar-refractivity contribution in [1.29, 1.82) is 0 Å². The van der Waals surface area contributed by atoms with Crippen molar-refractivity contribution in [1.82, 2.24) is 10.2 Å². The second-order valence-electron chi connectivity index (χ2n) is 9.78. The molecule has 2 amide bonds. The average molecular weight is 525 g/mol. The van der Waals surface area contributed by atoms with Gasteiger partial charge in [0.15, 0.2) is 0 Å². The van der Waals surface area contributed by atoms with Crippen LogP contribution in [0.2, 0.25) is 0 Å². The highest BCUT2D eigenvalue weighted by Gasteiger charge is 2.34. The third-order valence-electron chi connectivity index (χ3n) is 5.44. The summed E-state index contributed by atoms with van der Waals surface area (Å²) in [6, 6.07) is 6.33. The monoisotopic (exact) mass is 524 g/mol. The Balaban J connectivity index is 1.89. The van der Waals surface area contributed by atoms with E-state index in [4.69, 9.17) is 28.4 Å². The number of rotatable bonds is 16. The molecule has 210 valence electrons. The minimum absolute atomic E-state index is 0.0856. The topological polar surface area (TPSA) is 105 Å². The van der Waals surface area contributed by atoms with Gasteiger partial charge in [0.25, 0.3) is 0 Å². The number of nitrogens with zero attached hydrogens (tertiary/aromatic N) is 1. The molecule has 10 nitrogen and oxygen atoms in total. The lowest BCUT2D eigenvalue weighted by molar-refractivity contribution is -0.133. The third kappa shape index (κ3) is 12.1. The van der Waals surface area contributed by atoms with Crippen LogP contribution in [0.4, 0.5) is 4.79 Å². The smallest absolute Gasteiger partial charge is 0.408 e.